The van der Waals surface area contributed by atoms with Crippen molar-refractivity contribution in [1.29, 1.82) is 0 Å². The van der Waals surface area contributed by atoms with Crippen LogP contribution in [0.2, 0.25) is 0 Å². The van der Waals surface area contributed by atoms with Crippen LogP contribution in [-0.4, -0.2) is 0 Å². The maximum Gasteiger partial charge on any atom is 0.416 e. The normalized spacial score (nSPS) is 13.3. The maximum absolute atomic E-state index is 13.1. The van der Waals surface area contributed by atoms with Crippen molar-refractivity contribution in [1.82, 2.24) is 0 Å². The van der Waals surface area contributed by atoms with Gasteiger partial charge in [-0.3, -0.25) is 0 Å². The molecule has 0 aromatic heterocycles. The first-order valence-electron chi connectivity index (χ1n) is 7.97. The highest BCUT2D eigenvalue weighted by atomic mass is 19.4. The first-order valence-corrected chi connectivity index (χ1v) is 7.97. The fourth-order valence-corrected chi connectivity index (χ4v) is 2.65. The lowest BCUT2D eigenvalue weighted by Gasteiger charge is -2.20. The van der Waals surface area contributed by atoms with E-state index in [0.717, 1.165) is 0 Å². The summed E-state index contributed by atoms with van der Waals surface area (Å²) < 4.78 is 157. The van der Waals surface area contributed by atoms with Crippen LogP contribution in [0.15, 0.2) is 41.5 Å². The molecule has 0 saturated heterocycles. The van der Waals surface area contributed by atoms with Crippen molar-refractivity contribution in [3.05, 3.63) is 80.2 Å². The molecule has 32 heavy (non-hydrogen) atoms. The molecule has 174 valence electrons. The van der Waals surface area contributed by atoms with Crippen LogP contribution in [0.4, 0.5) is 52.7 Å². The lowest BCUT2D eigenvalue weighted by molar-refractivity contribution is -0.144. The van der Waals surface area contributed by atoms with Gasteiger partial charge in [-0.2, -0.15) is 52.7 Å². The molecule has 0 aliphatic rings. The van der Waals surface area contributed by atoms with Gasteiger partial charge in [0.25, 0.3) is 0 Å². The van der Waals surface area contributed by atoms with Gasteiger partial charge < -0.3 is 0 Å². The maximum atomic E-state index is 13.1. The number of rotatable bonds is 3. The lowest BCUT2D eigenvalue weighted by Crippen LogP contribution is -2.15. The van der Waals surface area contributed by atoms with Gasteiger partial charge in [0.05, 0.1) is 28.3 Å². The van der Waals surface area contributed by atoms with E-state index in [1.54, 1.807) is 0 Å². The minimum Gasteiger partial charge on any atom is -0.166 e. The first kappa shape index (κ1) is 25.2. The number of azide groups is 1. The van der Waals surface area contributed by atoms with E-state index in [9.17, 15) is 52.7 Å². The summed E-state index contributed by atoms with van der Waals surface area (Å²) in [7, 11) is 0. The molecule has 2 rings (SSSR count). The Kier molecular flexibility index (Phi) is 6.38. The summed E-state index contributed by atoms with van der Waals surface area (Å²) in [4.78, 5) is 2.16. The fourth-order valence-electron chi connectivity index (χ4n) is 2.65. The van der Waals surface area contributed by atoms with Crippen molar-refractivity contribution in [2.45, 2.75) is 30.7 Å². The van der Waals surface area contributed by atoms with Gasteiger partial charge in [-0.05, 0) is 53.1 Å². The van der Waals surface area contributed by atoms with Gasteiger partial charge in [0.15, 0.2) is 0 Å². The molecule has 0 radical (unpaired) electrons. The molecule has 2 aromatic carbocycles. The first-order chi connectivity index (χ1) is 14.3. The second-order valence-electron chi connectivity index (χ2n) is 6.29. The molecule has 0 saturated carbocycles. The molecule has 3 nitrogen and oxygen atoms in total. The molecule has 15 heteroatoms. The van der Waals surface area contributed by atoms with Gasteiger partial charge in [-0.25, -0.2) is 0 Å². The summed E-state index contributed by atoms with van der Waals surface area (Å²) in [5.41, 5.74) is -1.18. The van der Waals surface area contributed by atoms with Gasteiger partial charge in [0, 0.05) is 4.91 Å². The van der Waals surface area contributed by atoms with E-state index in [0.29, 0.717) is 0 Å². The zero-order valence-corrected chi connectivity index (χ0v) is 14.9. The largest absolute Gasteiger partial charge is 0.416 e. The predicted octanol–water partition coefficient (Wildman–Crippen LogP) is 8.16. The van der Waals surface area contributed by atoms with Crippen molar-refractivity contribution >= 4 is 0 Å². The molecule has 0 heterocycles. The highest BCUT2D eigenvalue weighted by Gasteiger charge is 2.40. The number of hydrogen-bond donors (Lipinski definition) is 0. The van der Waals surface area contributed by atoms with E-state index in [-0.39, 0.29) is 36.4 Å². The van der Waals surface area contributed by atoms with E-state index < -0.39 is 64.1 Å². The highest BCUT2D eigenvalue weighted by molar-refractivity contribution is 5.43. The highest BCUT2D eigenvalue weighted by Crippen LogP contribution is 2.42. The monoisotopic (exact) mass is 481 g/mol. The Morgan fingerprint density at radius 1 is 0.531 bits per heavy atom. The molecule has 0 unspecified atom stereocenters. The molecule has 2 aromatic rings. The number of halogens is 12. The van der Waals surface area contributed by atoms with E-state index in [1.807, 2.05) is 0 Å². The standard InChI is InChI=1S/C17H7F12N3/c18-14(19,20)9-1-7(2-10(5-9)15(21,22)23)13(31-32-30)8-3-11(16(24,25)26)6-12(4-8)17(27,28)29/h1-6,13H. The molecule has 0 atom stereocenters. The van der Waals surface area contributed by atoms with Crippen molar-refractivity contribution < 1.29 is 52.7 Å². The molecule has 0 amide bonds. The van der Waals surface area contributed by atoms with Crippen molar-refractivity contribution in [3.63, 3.8) is 0 Å². The number of benzene rings is 2. The van der Waals surface area contributed by atoms with Crippen LogP contribution in [0.25, 0.3) is 10.4 Å². The molecule has 0 fully saturated rings. The second-order valence-corrected chi connectivity index (χ2v) is 6.29. The summed E-state index contributed by atoms with van der Waals surface area (Å²) in [5.74, 6) is 0. The lowest BCUT2D eigenvalue weighted by atomic mass is 9.92. The van der Waals surface area contributed by atoms with E-state index in [1.165, 1.54) is 0 Å². The third-order valence-electron chi connectivity index (χ3n) is 4.02. The van der Waals surface area contributed by atoms with Gasteiger partial charge >= 0.3 is 24.7 Å². The smallest absolute Gasteiger partial charge is 0.166 e. The van der Waals surface area contributed by atoms with E-state index >= 15 is 0 Å². The third kappa shape index (κ3) is 5.78. The van der Waals surface area contributed by atoms with Gasteiger partial charge in [-0.1, -0.05) is 5.11 Å². The van der Waals surface area contributed by atoms with Crippen LogP contribution in [0.1, 0.15) is 39.4 Å². The van der Waals surface area contributed by atoms with Gasteiger partial charge in [0.2, 0.25) is 0 Å². The Hall–Kier alpha value is -3.09. The van der Waals surface area contributed by atoms with Crippen LogP contribution in [0.5, 0.6) is 0 Å². The van der Waals surface area contributed by atoms with Gasteiger partial charge in [0.1, 0.15) is 0 Å². The number of nitrogens with zero attached hydrogens (tertiary/aromatic N) is 3. The van der Waals surface area contributed by atoms with Crippen LogP contribution >= 0.6 is 0 Å². The minimum atomic E-state index is -5.36. The number of hydrogen-bond acceptors (Lipinski definition) is 1. The second kappa shape index (κ2) is 8.11. The molecule has 0 N–H and O–H groups in total. The minimum absolute atomic E-state index is 0.0438. The third-order valence-corrected chi connectivity index (χ3v) is 4.02. The van der Waals surface area contributed by atoms with Crippen LogP contribution in [-0.2, 0) is 24.7 Å². The Morgan fingerprint density at radius 3 is 0.969 bits per heavy atom. The summed E-state index contributed by atoms with van der Waals surface area (Å²) in [6.45, 7) is 0. The molecule has 0 bridgehead atoms. The zero-order valence-electron chi connectivity index (χ0n) is 14.9. The Labute approximate surface area is 169 Å². The quantitative estimate of drug-likeness (QED) is 0.184. The van der Waals surface area contributed by atoms with Crippen LogP contribution in [0, 0.1) is 0 Å². The summed E-state index contributed by atoms with van der Waals surface area (Å²) in [6.07, 6.45) is -21.4. The predicted molar refractivity (Wildman–Crippen MR) is 83.9 cm³/mol. The summed E-state index contributed by atoms with van der Waals surface area (Å²) in [5, 5.41) is 2.87. The average Bonchev–Trinajstić information content (AvgIpc) is 2.62. The Morgan fingerprint density at radius 2 is 0.781 bits per heavy atom. The Bertz CT molecular complexity index is 901. The summed E-state index contributed by atoms with van der Waals surface area (Å²) in [6, 6.07) is -2.80. The molecule has 0 aliphatic heterocycles. The van der Waals surface area contributed by atoms with E-state index in [4.69, 9.17) is 5.53 Å². The van der Waals surface area contributed by atoms with Crippen molar-refractivity contribution in [2.24, 2.45) is 5.11 Å². The average molecular weight is 481 g/mol. The SMILES string of the molecule is [N-]=[N+]=NC(c1cc(C(F)(F)F)cc(C(F)(F)F)c1)c1cc(C(F)(F)F)cc(C(F)(F)F)c1. The van der Waals surface area contributed by atoms with Crippen LogP contribution < -0.4 is 0 Å². The van der Waals surface area contributed by atoms with Crippen molar-refractivity contribution in [2.75, 3.05) is 0 Å². The molecular formula is C17H7F12N3. The zero-order chi connectivity index (χ0) is 24.7. The molecule has 0 spiro atoms. The van der Waals surface area contributed by atoms with Crippen molar-refractivity contribution in [3.8, 4) is 0 Å². The number of alkyl halides is 12. The van der Waals surface area contributed by atoms with E-state index in [2.05, 4.69) is 10.0 Å². The molecule has 0 aliphatic carbocycles. The van der Waals surface area contributed by atoms with Gasteiger partial charge in [-0.15, -0.1) is 0 Å². The fraction of sp³-hybridized carbons (Fsp3) is 0.294. The molecular weight excluding hydrogens is 474 g/mol. The summed E-state index contributed by atoms with van der Waals surface area (Å²) >= 11 is 0. The Balaban J connectivity index is 2.87. The van der Waals surface area contributed by atoms with Crippen LogP contribution in [0.3, 0.4) is 0 Å². The topological polar surface area (TPSA) is 48.8 Å².